The molecule has 1 aromatic heterocycles. The summed E-state index contributed by atoms with van der Waals surface area (Å²) < 4.78 is 2.25. The van der Waals surface area contributed by atoms with E-state index in [4.69, 9.17) is 4.98 Å². The Balaban J connectivity index is 1.23. The van der Waals surface area contributed by atoms with E-state index in [2.05, 4.69) is 204 Å². The Kier molecular flexibility index (Phi) is 11.3. The van der Waals surface area contributed by atoms with Crippen molar-refractivity contribution in [2.24, 2.45) is 0 Å². The summed E-state index contributed by atoms with van der Waals surface area (Å²) in [7, 11) is 22.9. The van der Waals surface area contributed by atoms with Crippen LogP contribution in [-0.4, -0.2) is 88.0 Å². The minimum Gasteiger partial charge on any atom is -0.292 e. The van der Waals surface area contributed by atoms with Gasteiger partial charge in [0.25, 0.3) is 0 Å². The smallest absolute Gasteiger partial charge is 0.145 e. The van der Waals surface area contributed by atoms with Gasteiger partial charge in [0.15, 0.2) is 0 Å². The van der Waals surface area contributed by atoms with E-state index in [0.717, 1.165) is 50.7 Å². The number of nitriles is 1. The molecule has 0 radical (unpaired) electrons. The summed E-state index contributed by atoms with van der Waals surface area (Å²) in [5.74, 6) is 0.830. The van der Waals surface area contributed by atoms with Gasteiger partial charge in [0.1, 0.15) is 84.3 Å². The van der Waals surface area contributed by atoms with Gasteiger partial charge in [-0.25, -0.2) is 4.98 Å². The number of benzene rings is 9. The van der Waals surface area contributed by atoms with Crippen LogP contribution in [0.1, 0.15) is 5.56 Å². The molecule has 0 amide bonds. The zero-order valence-electron chi connectivity index (χ0n) is 40.3. The van der Waals surface area contributed by atoms with Crippen LogP contribution >= 0.6 is 0 Å². The van der Waals surface area contributed by atoms with Gasteiger partial charge in [-0.05, 0) is 85.3 Å². The average Bonchev–Trinajstić information content (AvgIpc) is 3.78. The number of hydrogen-bond acceptors (Lipinski definition) is 2. The third-order valence-corrected chi connectivity index (χ3v) is 15.2. The molecule has 0 fully saturated rings. The lowest BCUT2D eigenvalue weighted by molar-refractivity contribution is 1.07. The molecule has 0 N–H and O–H groups in total. The number of hydrogen-bond donors (Lipinski definition) is 0. The molecular formula is C54H45B10N3. The summed E-state index contributed by atoms with van der Waals surface area (Å²) in [6, 6.07) is 56.2. The lowest BCUT2D eigenvalue weighted by atomic mass is 9.58. The zero-order chi connectivity index (χ0) is 46.8. The Labute approximate surface area is 403 Å². The van der Waals surface area contributed by atoms with Gasteiger partial charge in [-0.2, -0.15) is 5.26 Å². The Hall–Kier alpha value is -7.15. The van der Waals surface area contributed by atoms with Gasteiger partial charge in [0.05, 0.1) is 23.0 Å². The van der Waals surface area contributed by atoms with Crippen LogP contribution in [0.5, 0.6) is 0 Å². The molecule has 67 heavy (non-hydrogen) atoms. The second kappa shape index (κ2) is 17.3. The molecule has 1 heterocycles. The number of nitrogens with zero attached hydrogens (tertiary/aromatic N) is 3. The molecule has 0 unspecified atom stereocenters. The van der Waals surface area contributed by atoms with Crippen LogP contribution in [0.4, 0.5) is 0 Å². The van der Waals surface area contributed by atoms with Crippen LogP contribution in [0.25, 0.3) is 94.5 Å². The van der Waals surface area contributed by atoms with Crippen LogP contribution in [0, 0.1) is 11.3 Å². The van der Waals surface area contributed by atoms with Gasteiger partial charge < -0.3 is 0 Å². The first kappa shape index (κ1) is 43.7. The minimum atomic E-state index is 0.616. The van der Waals surface area contributed by atoms with Crippen molar-refractivity contribution in [3.63, 3.8) is 0 Å². The van der Waals surface area contributed by atoms with Crippen molar-refractivity contribution in [2.75, 3.05) is 0 Å². The highest BCUT2D eigenvalue weighted by atomic mass is 15.1. The van der Waals surface area contributed by atoms with E-state index in [1.807, 2.05) is 36.4 Å². The van der Waals surface area contributed by atoms with Gasteiger partial charge in [0, 0.05) is 22.4 Å². The van der Waals surface area contributed by atoms with Gasteiger partial charge >= 0.3 is 0 Å². The second-order valence-corrected chi connectivity index (χ2v) is 18.5. The molecule has 0 bridgehead atoms. The van der Waals surface area contributed by atoms with Crippen molar-refractivity contribution in [2.45, 2.75) is 0 Å². The van der Waals surface area contributed by atoms with Gasteiger partial charge in [-0.1, -0.05) is 143 Å². The SMILES string of the molecule is Bc1c(B)c(B)c(-c2c3ccccc3c(-c3c(B)c(B)c(B)c(B)c3B)c3cc(-c4ccc(-c5nc(-c6ccccc6)c(-c6ccccc6)n5-c5ccc(C#N)cc5)cc4)ccc23)c(B)c1B. The topological polar surface area (TPSA) is 41.6 Å². The number of fused-ring (bicyclic) bond motifs is 2. The highest BCUT2D eigenvalue weighted by molar-refractivity contribution is 6.70. The largest absolute Gasteiger partial charge is 0.292 e. The monoisotopic (exact) mass is 845 g/mol. The van der Waals surface area contributed by atoms with Gasteiger partial charge in [-0.15, -0.1) is 32.8 Å². The fourth-order valence-corrected chi connectivity index (χ4v) is 10.7. The van der Waals surface area contributed by atoms with Gasteiger partial charge in [-0.3, -0.25) is 4.57 Å². The highest BCUT2D eigenvalue weighted by Crippen LogP contribution is 2.44. The fraction of sp³-hybridized carbons (Fsp3) is 0. The average molecular weight is 844 g/mol. The molecule has 0 saturated carbocycles. The number of imidazole rings is 1. The third-order valence-electron chi connectivity index (χ3n) is 15.2. The normalized spacial score (nSPS) is 11.3. The first-order valence-corrected chi connectivity index (χ1v) is 23.4. The van der Waals surface area contributed by atoms with Crippen molar-refractivity contribution in [3.05, 3.63) is 157 Å². The standard InChI is InChI=1S/C54H45B10N3/c55-42-40(43(56)47(60)50(63)46(42)59)38-34-13-7-8-14-35(34)39(41-44(57)48(61)51(64)49(62)45(41)58)37-25-32(21-24-36(37)38)28-17-19-31(20-18-28)54-66-52(29-9-3-1-4-10-29)53(30-11-5-2-6-12-30)67(54)33-22-15-27(26-65)16-23-33/h1-25H,55-64H2. The second-order valence-electron chi connectivity index (χ2n) is 18.5. The molecule has 9 aromatic carbocycles. The number of rotatable bonds is 7. The van der Waals surface area contributed by atoms with Crippen molar-refractivity contribution in [1.82, 2.24) is 9.55 Å². The summed E-state index contributed by atoms with van der Waals surface area (Å²) in [6.45, 7) is 0. The Bertz CT molecular complexity index is 3620. The maximum absolute atomic E-state index is 9.72. The van der Waals surface area contributed by atoms with E-state index >= 15 is 0 Å². The molecule has 0 spiro atoms. The molecule has 306 valence electrons. The first-order chi connectivity index (χ1) is 32.4. The summed E-state index contributed by atoms with van der Waals surface area (Å²) >= 11 is 0. The van der Waals surface area contributed by atoms with Crippen LogP contribution in [0.3, 0.4) is 0 Å². The quantitative estimate of drug-likeness (QED) is 0.125. The predicted octanol–water partition coefficient (Wildman–Crippen LogP) is -3.36. The highest BCUT2D eigenvalue weighted by Gasteiger charge is 2.26. The van der Waals surface area contributed by atoms with Crippen molar-refractivity contribution in [1.29, 1.82) is 5.26 Å². The molecule has 13 heteroatoms. The Morgan fingerprint density at radius 1 is 0.358 bits per heavy atom. The van der Waals surface area contributed by atoms with Crippen LogP contribution in [0.2, 0.25) is 0 Å². The molecule has 0 saturated heterocycles. The predicted molar refractivity (Wildman–Crippen MR) is 318 cm³/mol. The molecule has 0 aliphatic carbocycles. The molecule has 10 aromatic rings. The lowest BCUT2D eigenvalue weighted by Crippen LogP contribution is -2.55. The Morgan fingerprint density at radius 3 is 1.28 bits per heavy atom. The summed E-state index contributed by atoms with van der Waals surface area (Å²) in [4.78, 5) is 5.47. The fourth-order valence-electron chi connectivity index (χ4n) is 10.7. The van der Waals surface area contributed by atoms with Crippen LogP contribution in [-0.2, 0) is 0 Å². The molecule has 0 aliphatic rings. The molecular weight excluding hydrogens is 799 g/mol. The maximum atomic E-state index is 9.72. The lowest BCUT2D eigenvalue weighted by Gasteiger charge is -2.27. The summed E-state index contributed by atoms with van der Waals surface area (Å²) in [6.07, 6.45) is 0. The van der Waals surface area contributed by atoms with E-state index in [-0.39, 0.29) is 0 Å². The van der Waals surface area contributed by atoms with E-state index < -0.39 is 0 Å². The van der Waals surface area contributed by atoms with Crippen molar-refractivity contribution >= 4 is 155 Å². The first-order valence-electron chi connectivity index (χ1n) is 23.4. The van der Waals surface area contributed by atoms with E-state index in [1.165, 1.54) is 98.4 Å². The zero-order valence-corrected chi connectivity index (χ0v) is 40.3. The third kappa shape index (κ3) is 7.17. The van der Waals surface area contributed by atoms with Crippen LogP contribution in [0.15, 0.2) is 152 Å². The van der Waals surface area contributed by atoms with Crippen molar-refractivity contribution in [3.8, 4) is 79.0 Å². The van der Waals surface area contributed by atoms with E-state index in [9.17, 15) is 5.26 Å². The van der Waals surface area contributed by atoms with Crippen LogP contribution < -0.4 is 54.6 Å². The molecule has 3 nitrogen and oxygen atoms in total. The maximum Gasteiger partial charge on any atom is 0.145 e. The summed E-state index contributed by atoms with van der Waals surface area (Å²) in [5, 5.41) is 14.8. The Morgan fingerprint density at radius 2 is 0.776 bits per heavy atom. The summed E-state index contributed by atoms with van der Waals surface area (Å²) in [5.41, 5.74) is 27.7. The number of aromatic nitrogens is 2. The molecule has 10 rings (SSSR count). The van der Waals surface area contributed by atoms with E-state index in [0.29, 0.717) is 5.56 Å². The van der Waals surface area contributed by atoms with E-state index in [1.54, 1.807) is 0 Å². The molecule has 0 aliphatic heterocycles. The molecule has 0 atom stereocenters. The van der Waals surface area contributed by atoms with Crippen molar-refractivity contribution < 1.29 is 0 Å². The van der Waals surface area contributed by atoms with Gasteiger partial charge in [0.2, 0.25) is 0 Å². The minimum absolute atomic E-state index is 0.616.